The topological polar surface area (TPSA) is 46.9 Å². The minimum Gasteiger partial charge on any atom is -0.351 e. The summed E-state index contributed by atoms with van der Waals surface area (Å²) in [6, 6.07) is 4.86. The second kappa shape index (κ2) is 6.64. The lowest BCUT2D eigenvalue weighted by Gasteiger charge is -2.08. The van der Waals surface area contributed by atoms with Gasteiger partial charge in [0.05, 0.1) is 5.56 Å². The second-order valence-corrected chi connectivity index (χ2v) is 4.82. The third kappa shape index (κ3) is 3.87. The van der Waals surface area contributed by atoms with Crippen LogP contribution in [-0.4, -0.2) is 22.0 Å². The summed E-state index contributed by atoms with van der Waals surface area (Å²) in [4.78, 5) is 15.8. The van der Waals surface area contributed by atoms with Gasteiger partial charge in [-0.2, -0.15) is 13.2 Å². The first-order valence-electron chi connectivity index (χ1n) is 6.91. The number of amides is 1. The molecule has 0 aliphatic heterocycles. The highest BCUT2D eigenvalue weighted by Gasteiger charge is 2.30. The monoisotopic (exact) mass is 311 g/mol. The summed E-state index contributed by atoms with van der Waals surface area (Å²) in [5, 5.41) is 2.71. The third-order valence-corrected chi connectivity index (χ3v) is 3.10. The summed E-state index contributed by atoms with van der Waals surface area (Å²) in [5.74, 6) is -0.334. The van der Waals surface area contributed by atoms with Crippen molar-refractivity contribution < 1.29 is 18.0 Å². The standard InChI is InChI=1S/C15H16F3N3O/c1-2-3-7-19-14(22)13-9-21(10-20-13)12-6-4-5-11(8-12)15(16,17)18/h4-6,8-10H,2-3,7H2,1H3,(H,19,22). The Labute approximate surface area is 126 Å². The van der Waals surface area contributed by atoms with Crippen LogP contribution < -0.4 is 5.32 Å². The smallest absolute Gasteiger partial charge is 0.351 e. The first-order valence-corrected chi connectivity index (χ1v) is 6.91. The van der Waals surface area contributed by atoms with Crippen LogP contribution in [0.5, 0.6) is 0 Å². The summed E-state index contributed by atoms with van der Waals surface area (Å²) < 4.78 is 39.5. The first kappa shape index (κ1) is 16.1. The first-order chi connectivity index (χ1) is 10.4. The molecule has 1 aromatic carbocycles. The Kier molecular flexibility index (Phi) is 4.85. The van der Waals surface area contributed by atoms with Gasteiger partial charge in [0.2, 0.25) is 0 Å². The Balaban J connectivity index is 2.16. The number of unbranched alkanes of at least 4 members (excludes halogenated alkanes) is 1. The van der Waals surface area contributed by atoms with E-state index in [4.69, 9.17) is 0 Å². The molecule has 0 aliphatic rings. The van der Waals surface area contributed by atoms with Crippen molar-refractivity contribution in [3.63, 3.8) is 0 Å². The van der Waals surface area contributed by atoms with E-state index in [2.05, 4.69) is 10.3 Å². The molecular weight excluding hydrogens is 295 g/mol. The van der Waals surface area contributed by atoms with Crippen molar-refractivity contribution in [2.75, 3.05) is 6.54 Å². The number of nitrogens with zero attached hydrogens (tertiary/aromatic N) is 2. The number of hydrogen-bond donors (Lipinski definition) is 1. The summed E-state index contributed by atoms with van der Waals surface area (Å²) in [7, 11) is 0. The van der Waals surface area contributed by atoms with Gasteiger partial charge in [0, 0.05) is 18.4 Å². The molecule has 2 aromatic rings. The second-order valence-electron chi connectivity index (χ2n) is 4.82. The molecule has 0 atom stereocenters. The SMILES string of the molecule is CCCCNC(=O)c1cn(-c2cccc(C(F)(F)F)c2)cn1. The highest BCUT2D eigenvalue weighted by atomic mass is 19.4. The zero-order valence-electron chi connectivity index (χ0n) is 12.0. The number of rotatable bonds is 5. The Bertz CT molecular complexity index is 649. The molecule has 0 saturated heterocycles. The van der Waals surface area contributed by atoms with Crippen LogP contribution in [0, 0.1) is 0 Å². The van der Waals surface area contributed by atoms with Gasteiger partial charge in [0.1, 0.15) is 12.0 Å². The van der Waals surface area contributed by atoms with Crippen molar-refractivity contribution in [2.24, 2.45) is 0 Å². The maximum absolute atomic E-state index is 12.7. The van der Waals surface area contributed by atoms with E-state index in [0.29, 0.717) is 12.2 Å². The van der Waals surface area contributed by atoms with Crippen LogP contribution in [0.25, 0.3) is 5.69 Å². The van der Waals surface area contributed by atoms with E-state index in [1.165, 1.54) is 29.2 Å². The predicted molar refractivity (Wildman–Crippen MR) is 75.8 cm³/mol. The molecule has 1 aromatic heterocycles. The summed E-state index contributed by atoms with van der Waals surface area (Å²) in [6.07, 6.45) is 0.150. The van der Waals surface area contributed by atoms with Crippen LogP contribution >= 0.6 is 0 Å². The molecule has 7 heteroatoms. The number of alkyl halides is 3. The fourth-order valence-corrected chi connectivity index (χ4v) is 1.89. The van der Waals surface area contributed by atoms with Gasteiger partial charge in [-0.15, -0.1) is 0 Å². The minimum atomic E-state index is -4.41. The third-order valence-electron chi connectivity index (χ3n) is 3.10. The van der Waals surface area contributed by atoms with Gasteiger partial charge in [-0.05, 0) is 24.6 Å². The molecular formula is C15H16F3N3O. The maximum Gasteiger partial charge on any atom is 0.416 e. The summed E-state index contributed by atoms with van der Waals surface area (Å²) in [5.41, 5.74) is -0.268. The van der Waals surface area contributed by atoms with Gasteiger partial charge in [-0.25, -0.2) is 4.98 Å². The highest BCUT2D eigenvalue weighted by Crippen LogP contribution is 2.30. The fourth-order valence-electron chi connectivity index (χ4n) is 1.89. The van der Waals surface area contributed by atoms with Crippen LogP contribution in [0.3, 0.4) is 0 Å². The predicted octanol–water partition coefficient (Wildman–Crippen LogP) is 3.42. The molecule has 4 nitrogen and oxygen atoms in total. The van der Waals surface area contributed by atoms with Gasteiger partial charge in [0.15, 0.2) is 0 Å². The quantitative estimate of drug-likeness (QED) is 0.860. The number of halogens is 3. The number of carbonyl (C=O) groups excluding carboxylic acids is 1. The Morgan fingerprint density at radius 2 is 2.14 bits per heavy atom. The van der Waals surface area contributed by atoms with Crippen LogP contribution in [-0.2, 0) is 6.18 Å². The molecule has 0 spiro atoms. The lowest BCUT2D eigenvalue weighted by molar-refractivity contribution is -0.137. The average molecular weight is 311 g/mol. The van der Waals surface area contributed by atoms with Gasteiger partial charge in [-0.3, -0.25) is 4.79 Å². The maximum atomic E-state index is 12.7. The highest BCUT2D eigenvalue weighted by molar-refractivity contribution is 5.92. The molecule has 0 unspecified atom stereocenters. The summed E-state index contributed by atoms with van der Waals surface area (Å²) in [6.45, 7) is 2.56. The molecule has 1 heterocycles. The van der Waals surface area contributed by atoms with E-state index in [1.54, 1.807) is 0 Å². The molecule has 0 bridgehead atoms. The molecule has 22 heavy (non-hydrogen) atoms. The molecule has 1 amide bonds. The molecule has 2 rings (SSSR count). The van der Waals surface area contributed by atoms with Crippen LogP contribution in [0.4, 0.5) is 13.2 Å². The number of hydrogen-bond acceptors (Lipinski definition) is 2. The van der Waals surface area contributed by atoms with Crippen molar-refractivity contribution in [3.05, 3.63) is 48.0 Å². The van der Waals surface area contributed by atoms with Gasteiger partial charge in [-0.1, -0.05) is 19.4 Å². The van der Waals surface area contributed by atoms with Gasteiger partial charge in [0.25, 0.3) is 5.91 Å². The van der Waals surface area contributed by atoms with E-state index in [1.807, 2.05) is 6.92 Å². The minimum absolute atomic E-state index is 0.175. The molecule has 0 radical (unpaired) electrons. The van der Waals surface area contributed by atoms with Gasteiger partial charge < -0.3 is 9.88 Å². The Morgan fingerprint density at radius 3 is 2.82 bits per heavy atom. The molecule has 118 valence electrons. The molecule has 0 fully saturated rings. The Morgan fingerprint density at radius 1 is 1.36 bits per heavy atom. The fraction of sp³-hybridized carbons (Fsp3) is 0.333. The lowest BCUT2D eigenvalue weighted by atomic mass is 10.2. The molecule has 0 saturated carbocycles. The summed E-state index contributed by atoms with van der Waals surface area (Å²) >= 11 is 0. The van der Waals surface area contributed by atoms with Crippen molar-refractivity contribution in [1.82, 2.24) is 14.9 Å². The van der Waals surface area contributed by atoms with E-state index in [0.717, 1.165) is 25.0 Å². The lowest BCUT2D eigenvalue weighted by Crippen LogP contribution is -2.24. The zero-order chi connectivity index (χ0) is 16.2. The number of benzene rings is 1. The van der Waals surface area contributed by atoms with Crippen LogP contribution in [0.1, 0.15) is 35.8 Å². The number of aromatic nitrogens is 2. The number of carbonyl (C=O) groups is 1. The molecule has 0 aliphatic carbocycles. The van der Waals surface area contributed by atoms with E-state index in [9.17, 15) is 18.0 Å². The van der Waals surface area contributed by atoms with E-state index in [-0.39, 0.29) is 11.6 Å². The molecule has 1 N–H and O–H groups in total. The van der Waals surface area contributed by atoms with Crippen LogP contribution in [0.15, 0.2) is 36.8 Å². The normalized spacial score (nSPS) is 11.5. The van der Waals surface area contributed by atoms with Crippen molar-refractivity contribution in [3.8, 4) is 5.69 Å². The van der Waals surface area contributed by atoms with Crippen molar-refractivity contribution in [2.45, 2.75) is 25.9 Å². The van der Waals surface area contributed by atoms with Gasteiger partial charge >= 0.3 is 6.18 Å². The Hall–Kier alpha value is -2.31. The van der Waals surface area contributed by atoms with Crippen LogP contribution in [0.2, 0.25) is 0 Å². The van der Waals surface area contributed by atoms with E-state index < -0.39 is 11.7 Å². The van der Waals surface area contributed by atoms with E-state index >= 15 is 0 Å². The van der Waals surface area contributed by atoms with Crippen molar-refractivity contribution >= 4 is 5.91 Å². The number of imidazole rings is 1. The largest absolute Gasteiger partial charge is 0.416 e. The zero-order valence-corrected chi connectivity index (χ0v) is 12.0. The average Bonchev–Trinajstić information content (AvgIpc) is 2.96. The van der Waals surface area contributed by atoms with Crippen molar-refractivity contribution in [1.29, 1.82) is 0 Å². The number of nitrogens with one attached hydrogen (secondary N) is 1.